The molecule has 2 atom stereocenters. The number of aryl methyl sites for hydroxylation is 1. The van der Waals surface area contributed by atoms with Crippen molar-refractivity contribution in [3.8, 4) is 10.6 Å². The lowest BCUT2D eigenvalue weighted by atomic mass is 10.1. The van der Waals surface area contributed by atoms with E-state index in [0.29, 0.717) is 12.3 Å². The number of amides is 1. The van der Waals surface area contributed by atoms with Gasteiger partial charge in [0.2, 0.25) is 5.91 Å². The standard InChI is InChI=1S/C24H27N3OS/c1-17-7-6-10-20(11-17)24-25-21(16-29-24)12-23(28)26-22-15-27(13-18(22)2)14-19-8-4-3-5-9-19/h3-11,16,18,22H,12-15H2,1-2H3,(H,26,28)/t18-,22+/m0/s1. The molecule has 1 amide bonds. The normalized spacial score (nSPS) is 19.4. The maximum Gasteiger partial charge on any atom is 0.226 e. The molecule has 0 bridgehead atoms. The summed E-state index contributed by atoms with van der Waals surface area (Å²) in [6, 6.07) is 19.0. The van der Waals surface area contributed by atoms with Gasteiger partial charge in [-0.2, -0.15) is 0 Å². The van der Waals surface area contributed by atoms with E-state index in [4.69, 9.17) is 0 Å². The minimum absolute atomic E-state index is 0.0597. The molecule has 2 aromatic carbocycles. The third kappa shape index (κ3) is 5.11. The summed E-state index contributed by atoms with van der Waals surface area (Å²) in [6.45, 7) is 7.13. The molecule has 1 aliphatic rings. The third-order valence-corrected chi connectivity index (χ3v) is 6.38. The molecule has 0 unspecified atom stereocenters. The Morgan fingerprint density at radius 3 is 2.79 bits per heavy atom. The average Bonchev–Trinajstić information content (AvgIpc) is 3.29. The highest BCUT2D eigenvalue weighted by molar-refractivity contribution is 7.13. The number of likely N-dealkylation sites (tertiary alicyclic amines) is 1. The summed E-state index contributed by atoms with van der Waals surface area (Å²) in [6.07, 6.45) is 0.338. The van der Waals surface area contributed by atoms with E-state index in [-0.39, 0.29) is 11.9 Å². The first-order chi connectivity index (χ1) is 14.1. The zero-order chi connectivity index (χ0) is 20.2. The van der Waals surface area contributed by atoms with Crippen molar-refractivity contribution in [2.45, 2.75) is 32.9 Å². The Balaban J connectivity index is 1.32. The van der Waals surface area contributed by atoms with Crippen LogP contribution in [0.1, 0.15) is 23.7 Å². The number of rotatable bonds is 6. The average molecular weight is 406 g/mol. The van der Waals surface area contributed by atoms with Crippen LogP contribution in [0.4, 0.5) is 0 Å². The van der Waals surface area contributed by atoms with Gasteiger partial charge in [0, 0.05) is 36.6 Å². The smallest absolute Gasteiger partial charge is 0.226 e. The van der Waals surface area contributed by atoms with Gasteiger partial charge in [-0.05, 0) is 24.5 Å². The molecule has 4 rings (SSSR count). The largest absolute Gasteiger partial charge is 0.351 e. The van der Waals surface area contributed by atoms with Gasteiger partial charge >= 0.3 is 0 Å². The van der Waals surface area contributed by atoms with Crippen LogP contribution in [0, 0.1) is 12.8 Å². The first kappa shape index (κ1) is 19.8. The van der Waals surface area contributed by atoms with Crippen molar-refractivity contribution in [3.63, 3.8) is 0 Å². The Morgan fingerprint density at radius 2 is 2.00 bits per heavy atom. The monoisotopic (exact) mass is 405 g/mol. The summed E-state index contributed by atoms with van der Waals surface area (Å²) in [5.74, 6) is 0.505. The minimum atomic E-state index is 0.0597. The molecule has 0 radical (unpaired) electrons. The molecule has 4 nitrogen and oxygen atoms in total. The van der Waals surface area contributed by atoms with E-state index in [0.717, 1.165) is 35.9 Å². The summed E-state index contributed by atoms with van der Waals surface area (Å²) in [7, 11) is 0. The molecule has 2 heterocycles. The zero-order valence-electron chi connectivity index (χ0n) is 17.0. The van der Waals surface area contributed by atoms with E-state index >= 15 is 0 Å². The molecule has 0 saturated carbocycles. The lowest BCUT2D eigenvalue weighted by Gasteiger charge is -2.17. The van der Waals surface area contributed by atoms with Crippen LogP contribution in [0.15, 0.2) is 60.0 Å². The summed E-state index contributed by atoms with van der Waals surface area (Å²) in [5.41, 5.74) is 4.49. The van der Waals surface area contributed by atoms with Crippen molar-refractivity contribution in [1.29, 1.82) is 0 Å². The second-order valence-electron chi connectivity index (χ2n) is 8.02. The lowest BCUT2D eigenvalue weighted by molar-refractivity contribution is -0.121. The van der Waals surface area contributed by atoms with Crippen molar-refractivity contribution in [3.05, 3.63) is 76.8 Å². The van der Waals surface area contributed by atoms with Gasteiger partial charge in [0.15, 0.2) is 0 Å². The van der Waals surface area contributed by atoms with Gasteiger partial charge < -0.3 is 5.32 Å². The van der Waals surface area contributed by atoms with Crippen molar-refractivity contribution >= 4 is 17.2 Å². The maximum atomic E-state index is 12.6. The third-order valence-electron chi connectivity index (χ3n) is 5.44. The Hall–Kier alpha value is -2.50. The highest BCUT2D eigenvalue weighted by Crippen LogP contribution is 2.25. The number of aromatic nitrogens is 1. The Bertz CT molecular complexity index is 969. The van der Waals surface area contributed by atoms with Crippen molar-refractivity contribution in [1.82, 2.24) is 15.2 Å². The summed E-state index contributed by atoms with van der Waals surface area (Å²) in [5, 5.41) is 6.20. The Kier molecular flexibility index (Phi) is 6.07. The molecule has 3 aromatic rings. The van der Waals surface area contributed by atoms with Crippen LogP contribution in [0.5, 0.6) is 0 Å². The molecule has 0 spiro atoms. The molecule has 150 valence electrons. The number of thiazole rings is 1. The maximum absolute atomic E-state index is 12.6. The lowest BCUT2D eigenvalue weighted by Crippen LogP contribution is -2.40. The van der Waals surface area contributed by atoms with Gasteiger partial charge in [-0.15, -0.1) is 11.3 Å². The van der Waals surface area contributed by atoms with Crippen LogP contribution in [-0.4, -0.2) is 34.9 Å². The highest BCUT2D eigenvalue weighted by Gasteiger charge is 2.30. The number of carbonyl (C=O) groups excluding carboxylic acids is 1. The predicted octanol–water partition coefficient (Wildman–Crippen LogP) is 4.30. The van der Waals surface area contributed by atoms with E-state index in [1.165, 1.54) is 11.1 Å². The van der Waals surface area contributed by atoms with Crippen molar-refractivity contribution in [2.24, 2.45) is 5.92 Å². The van der Waals surface area contributed by atoms with E-state index in [1.54, 1.807) is 11.3 Å². The molecular formula is C24H27N3OS. The molecule has 1 N–H and O–H groups in total. The molecule has 1 saturated heterocycles. The van der Waals surface area contributed by atoms with Gasteiger partial charge in [-0.3, -0.25) is 9.69 Å². The fourth-order valence-electron chi connectivity index (χ4n) is 3.95. The SMILES string of the molecule is Cc1cccc(-c2nc(CC(=O)N[C@@H]3CN(Cc4ccccc4)C[C@@H]3C)cs2)c1. The van der Waals surface area contributed by atoms with Crippen LogP contribution < -0.4 is 5.32 Å². The molecule has 1 aliphatic heterocycles. The van der Waals surface area contributed by atoms with Gasteiger partial charge in [-0.1, -0.05) is 61.0 Å². The fourth-order valence-corrected chi connectivity index (χ4v) is 4.76. The quantitative estimate of drug-likeness (QED) is 0.665. The van der Waals surface area contributed by atoms with Gasteiger partial charge in [-0.25, -0.2) is 4.98 Å². The van der Waals surface area contributed by atoms with Crippen LogP contribution in [-0.2, 0) is 17.8 Å². The molecule has 1 fully saturated rings. The van der Waals surface area contributed by atoms with Crippen molar-refractivity contribution < 1.29 is 4.79 Å². The molecule has 0 aliphatic carbocycles. The summed E-state index contributed by atoms with van der Waals surface area (Å²) < 4.78 is 0. The Morgan fingerprint density at radius 1 is 1.17 bits per heavy atom. The van der Waals surface area contributed by atoms with Crippen LogP contribution >= 0.6 is 11.3 Å². The van der Waals surface area contributed by atoms with Gasteiger partial charge in [0.05, 0.1) is 12.1 Å². The van der Waals surface area contributed by atoms with E-state index in [9.17, 15) is 4.79 Å². The molecule has 5 heteroatoms. The number of benzene rings is 2. The summed E-state index contributed by atoms with van der Waals surface area (Å²) in [4.78, 5) is 19.7. The number of nitrogens with one attached hydrogen (secondary N) is 1. The zero-order valence-corrected chi connectivity index (χ0v) is 17.8. The minimum Gasteiger partial charge on any atom is -0.351 e. The predicted molar refractivity (Wildman–Crippen MR) is 119 cm³/mol. The first-order valence-electron chi connectivity index (χ1n) is 10.1. The van der Waals surface area contributed by atoms with Gasteiger partial charge in [0.1, 0.15) is 5.01 Å². The molecule has 29 heavy (non-hydrogen) atoms. The van der Waals surface area contributed by atoms with Crippen LogP contribution in [0.2, 0.25) is 0 Å². The fraction of sp³-hybridized carbons (Fsp3) is 0.333. The van der Waals surface area contributed by atoms with E-state index < -0.39 is 0 Å². The second-order valence-corrected chi connectivity index (χ2v) is 8.88. The number of hydrogen-bond acceptors (Lipinski definition) is 4. The second kappa shape index (κ2) is 8.89. The summed E-state index contributed by atoms with van der Waals surface area (Å²) >= 11 is 1.60. The van der Waals surface area contributed by atoms with Crippen LogP contribution in [0.3, 0.4) is 0 Å². The first-order valence-corrected chi connectivity index (χ1v) is 11.0. The number of carbonyl (C=O) groups is 1. The number of hydrogen-bond donors (Lipinski definition) is 1. The Labute approximate surface area is 176 Å². The molecular weight excluding hydrogens is 378 g/mol. The van der Waals surface area contributed by atoms with Crippen LogP contribution in [0.25, 0.3) is 10.6 Å². The van der Waals surface area contributed by atoms with E-state index in [1.807, 2.05) is 17.5 Å². The number of nitrogens with zero attached hydrogens (tertiary/aromatic N) is 2. The van der Waals surface area contributed by atoms with Gasteiger partial charge in [0.25, 0.3) is 0 Å². The van der Waals surface area contributed by atoms with E-state index in [2.05, 4.69) is 71.5 Å². The highest BCUT2D eigenvalue weighted by atomic mass is 32.1. The molecule has 1 aromatic heterocycles. The topological polar surface area (TPSA) is 45.2 Å². The van der Waals surface area contributed by atoms with Crippen molar-refractivity contribution in [2.75, 3.05) is 13.1 Å².